The Morgan fingerprint density at radius 2 is 1.74 bits per heavy atom. The molecule has 0 atom stereocenters. The standard InChI is InChI=1S/C17H27IN2O2S/c1-2-3-4-5-6-7-8-9-13-23(21,22)20-19-15-16-11-10-12-17(18)14-16/h10-12,14-15,20H,2-9,13H2,1H3/b19-15+. The molecule has 0 radical (unpaired) electrons. The fraction of sp³-hybridized carbons (Fsp3) is 0.588. The summed E-state index contributed by atoms with van der Waals surface area (Å²) >= 11 is 2.21. The Kier molecular flexibility index (Phi) is 10.5. The third-order valence-corrected chi connectivity index (χ3v) is 5.40. The average molecular weight is 450 g/mol. The van der Waals surface area contributed by atoms with Crippen LogP contribution in [0.1, 0.15) is 63.9 Å². The van der Waals surface area contributed by atoms with Crippen LogP contribution in [0.25, 0.3) is 0 Å². The zero-order chi connectivity index (χ0) is 17.0. The van der Waals surface area contributed by atoms with E-state index in [4.69, 9.17) is 0 Å². The highest BCUT2D eigenvalue weighted by molar-refractivity contribution is 14.1. The second-order valence-corrected chi connectivity index (χ2v) is 8.76. The van der Waals surface area contributed by atoms with Gasteiger partial charge in [0.05, 0.1) is 12.0 Å². The van der Waals surface area contributed by atoms with Crippen molar-refractivity contribution in [2.45, 2.75) is 58.3 Å². The maximum Gasteiger partial charge on any atom is 0.247 e. The molecule has 23 heavy (non-hydrogen) atoms. The number of rotatable bonds is 12. The lowest BCUT2D eigenvalue weighted by Crippen LogP contribution is -2.21. The molecule has 0 unspecified atom stereocenters. The monoisotopic (exact) mass is 450 g/mol. The number of unbranched alkanes of at least 4 members (excludes halogenated alkanes) is 7. The zero-order valence-electron chi connectivity index (χ0n) is 13.8. The van der Waals surface area contributed by atoms with E-state index in [0.717, 1.165) is 22.0 Å². The molecule has 0 heterocycles. The van der Waals surface area contributed by atoms with Crippen LogP contribution < -0.4 is 4.83 Å². The third-order valence-electron chi connectivity index (χ3n) is 3.52. The van der Waals surface area contributed by atoms with E-state index in [0.29, 0.717) is 6.42 Å². The molecule has 0 fully saturated rings. The molecule has 0 aromatic heterocycles. The molecular formula is C17H27IN2O2S. The van der Waals surface area contributed by atoms with E-state index in [-0.39, 0.29) is 5.75 Å². The Labute approximate surface area is 154 Å². The summed E-state index contributed by atoms with van der Waals surface area (Å²) in [5.74, 6) is 0.144. The fourth-order valence-corrected chi connectivity index (χ4v) is 3.70. The lowest BCUT2D eigenvalue weighted by atomic mass is 10.1. The molecule has 4 nitrogen and oxygen atoms in total. The van der Waals surface area contributed by atoms with E-state index >= 15 is 0 Å². The lowest BCUT2D eigenvalue weighted by Gasteiger charge is -2.04. The highest BCUT2D eigenvalue weighted by Gasteiger charge is 2.07. The van der Waals surface area contributed by atoms with Crippen molar-refractivity contribution < 1.29 is 8.42 Å². The zero-order valence-corrected chi connectivity index (χ0v) is 16.8. The van der Waals surface area contributed by atoms with Gasteiger partial charge in [-0.2, -0.15) is 5.10 Å². The van der Waals surface area contributed by atoms with Gasteiger partial charge in [0.25, 0.3) is 0 Å². The predicted molar refractivity (Wildman–Crippen MR) is 106 cm³/mol. The molecule has 1 rings (SSSR count). The van der Waals surface area contributed by atoms with Crippen molar-refractivity contribution >= 4 is 38.8 Å². The number of hydrogen-bond acceptors (Lipinski definition) is 3. The Morgan fingerprint density at radius 3 is 2.39 bits per heavy atom. The van der Waals surface area contributed by atoms with Crippen LogP contribution in [-0.2, 0) is 10.0 Å². The maximum absolute atomic E-state index is 11.8. The number of sulfonamides is 1. The summed E-state index contributed by atoms with van der Waals surface area (Å²) in [6, 6.07) is 7.72. The summed E-state index contributed by atoms with van der Waals surface area (Å²) in [7, 11) is -3.31. The van der Waals surface area contributed by atoms with Gasteiger partial charge in [-0.25, -0.2) is 13.2 Å². The van der Waals surface area contributed by atoms with E-state index in [1.165, 1.54) is 38.3 Å². The van der Waals surface area contributed by atoms with Crippen LogP contribution in [0, 0.1) is 3.57 Å². The molecule has 1 N–H and O–H groups in total. The Morgan fingerprint density at radius 1 is 1.09 bits per heavy atom. The van der Waals surface area contributed by atoms with Crippen LogP contribution in [0.15, 0.2) is 29.4 Å². The van der Waals surface area contributed by atoms with Gasteiger partial charge in [-0.3, -0.25) is 0 Å². The van der Waals surface area contributed by atoms with Crippen molar-refractivity contribution in [3.05, 3.63) is 33.4 Å². The SMILES string of the molecule is CCCCCCCCCCS(=O)(=O)N/N=C/c1cccc(I)c1. The second-order valence-electron chi connectivity index (χ2n) is 5.70. The number of nitrogens with one attached hydrogen (secondary N) is 1. The van der Waals surface area contributed by atoms with Crippen molar-refractivity contribution in [2.24, 2.45) is 5.10 Å². The fourth-order valence-electron chi connectivity index (χ4n) is 2.24. The van der Waals surface area contributed by atoms with Gasteiger partial charge in [0.15, 0.2) is 0 Å². The summed E-state index contributed by atoms with van der Waals surface area (Å²) in [5, 5.41) is 3.84. The molecule has 0 saturated heterocycles. The van der Waals surface area contributed by atoms with Crippen molar-refractivity contribution in [2.75, 3.05) is 5.75 Å². The largest absolute Gasteiger partial charge is 0.247 e. The molecule has 0 amide bonds. The first-order valence-electron chi connectivity index (χ1n) is 8.31. The summed E-state index contributed by atoms with van der Waals surface area (Å²) in [5.41, 5.74) is 0.881. The number of hydrogen-bond donors (Lipinski definition) is 1. The quantitative estimate of drug-likeness (QED) is 0.218. The first-order valence-corrected chi connectivity index (χ1v) is 11.0. The highest BCUT2D eigenvalue weighted by atomic mass is 127. The van der Waals surface area contributed by atoms with Crippen LogP contribution in [0.4, 0.5) is 0 Å². The van der Waals surface area contributed by atoms with Crippen molar-refractivity contribution in [3.63, 3.8) is 0 Å². The maximum atomic E-state index is 11.8. The van der Waals surface area contributed by atoms with Crippen LogP contribution in [0.2, 0.25) is 0 Å². The molecule has 6 heteroatoms. The molecule has 0 spiro atoms. The molecule has 0 aliphatic rings. The average Bonchev–Trinajstić information content (AvgIpc) is 2.50. The van der Waals surface area contributed by atoms with Crippen LogP contribution in [0.5, 0.6) is 0 Å². The van der Waals surface area contributed by atoms with Crippen molar-refractivity contribution in [3.8, 4) is 0 Å². The third kappa shape index (κ3) is 10.7. The van der Waals surface area contributed by atoms with Gasteiger partial charge in [0.2, 0.25) is 10.0 Å². The van der Waals surface area contributed by atoms with Gasteiger partial charge in [0, 0.05) is 3.57 Å². The molecule has 130 valence electrons. The first-order chi connectivity index (χ1) is 11.0. The van der Waals surface area contributed by atoms with Crippen LogP contribution in [-0.4, -0.2) is 20.4 Å². The van der Waals surface area contributed by atoms with E-state index in [1.54, 1.807) is 0 Å². The molecule has 0 saturated carbocycles. The minimum absolute atomic E-state index is 0.144. The minimum Gasteiger partial charge on any atom is -0.205 e. The Hall–Kier alpha value is -0.630. The van der Waals surface area contributed by atoms with Gasteiger partial charge in [0.1, 0.15) is 0 Å². The molecule has 1 aromatic rings. The lowest BCUT2D eigenvalue weighted by molar-refractivity contribution is 0.566. The normalized spacial score (nSPS) is 11.9. The minimum atomic E-state index is -3.31. The van der Waals surface area contributed by atoms with Gasteiger partial charge in [-0.05, 0) is 46.7 Å². The number of hydrazone groups is 1. The van der Waals surface area contributed by atoms with E-state index < -0.39 is 10.0 Å². The highest BCUT2D eigenvalue weighted by Crippen LogP contribution is 2.09. The predicted octanol–water partition coefficient (Wildman–Crippen LogP) is 4.69. The van der Waals surface area contributed by atoms with Crippen molar-refractivity contribution in [1.29, 1.82) is 0 Å². The van der Waals surface area contributed by atoms with Gasteiger partial charge in [-0.1, -0.05) is 64.0 Å². The van der Waals surface area contributed by atoms with E-state index in [2.05, 4.69) is 39.4 Å². The molecule has 0 aliphatic carbocycles. The van der Waals surface area contributed by atoms with Gasteiger partial charge in [-0.15, -0.1) is 0 Å². The summed E-state index contributed by atoms with van der Waals surface area (Å²) in [6.45, 7) is 2.21. The van der Waals surface area contributed by atoms with Gasteiger partial charge >= 0.3 is 0 Å². The molecule has 0 bridgehead atoms. The second kappa shape index (κ2) is 11.8. The Balaban J connectivity index is 2.18. The van der Waals surface area contributed by atoms with Crippen molar-refractivity contribution in [1.82, 2.24) is 4.83 Å². The number of benzene rings is 1. The number of nitrogens with zero attached hydrogens (tertiary/aromatic N) is 1. The van der Waals surface area contributed by atoms with E-state index in [1.807, 2.05) is 24.3 Å². The Bertz CT molecular complexity index is 574. The smallest absolute Gasteiger partial charge is 0.205 e. The molecular weight excluding hydrogens is 423 g/mol. The summed E-state index contributed by atoms with van der Waals surface area (Å²) < 4.78 is 24.8. The molecule has 1 aromatic carbocycles. The summed E-state index contributed by atoms with van der Waals surface area (Å²) in [4.78, 5) is 2.28. The number of halogens is 1. The molecule has 0 aliphatic heterocycles. The van der Waals surface area contributed by atoms with E-state index in [9.17, 15) is 8.42 Å². The first kappa shape index (κ1) is 20.4. The summed E-state index contributed by atoms with van der Waals surface area (Å²) in [6.07, 6.45) is 10.6. The van der Waals surface area contributed by atoms with Crippen LogP contribution >= 0.6 is 22.6 Å². The van der Waals surface area contributed by atoms with Gasteiger partial charge < -0.3 is 0 Å². The topological polar surface area (TPSA) is 58.5 Å². The van der Waals surface area contributed by atoms with Crippen LogP contribution in [0.3, 0.4) is 0 Å².